The third-order valence-electron chi connectivity index (χ3n) is 5.33. The molecule has 1 aliphatic heterocycles. The molecule has 5 heteroatoms. The second kappa shape index (κ2) is 5.64. The van der Waals surface area contributed by atoms with Crippen molar-refractivity contribution in [1.29, 1.82) is 0 Å². The molecule has 1 heterocycles. The van der Waals surface area contributed by atoms with Crippen LogP contribution in [0, 0.1) is 12.3 Å². The number of hydrogen-bond acceptors (Lipinski definition) is 3. The second-order valence-corrected chi connectivity index (χ2v) is 7.97. The van der Waals surface area contributed by atoms with Gasteiger partial charge in [-0.2, -0.15) is 0 Å². The van der Waals surface area contributed by atoms with E-state index in [1.165, 1.54) is 0 Å². The van der Waals surface area contributed by atoms with Crippen LogP contribution in [0.1, 0.15) is 56.5 Å². The molecule has 0 radical (unpaired) electrons. The van der Waals surface area contributed by atoms with Crippen molar-refractivity contribution in [2.75, 3.05) is 6.61 Å². The molecule has 124 valence electrons. The van der Waals surface area contributed by atoms with E-state index in [-0.39, 0.29) is 16.9 Å². The van der Waals surface area contributed by atoms with E-state index < -0.39 is 7.12 Å². The van der Waals surface area contributed by atoms with E-state index in [2.05, 4.69) is 33.0 Å². The standard InChI is InChI=1S/C18H26BNO3/c1-12-6-7-13(16(21)20-14-8-9-14)10-15(12)19-22-11-17(2,3)18(4,5)23-19/h6-7,10,14H,8-9,11H2,1-5H3,(H,20,21). The first-order chi connectivity index (χ1) is 10.7. The van der Waals surface area contributed by atoms with E-state index in [1.807, 2.05) is 25.1 Å². The maximum atomic E-state index is 12.3. The predicted octanol–water partition coefficient (Wildman–Crippen LogP) is 2.43. The quantitative estimate of drug-likeness (QED) is 0.872. The first kappa shape index (κ1) is 16.5. The van der Waals surface area contributed by atoms with Crippen LogP contribution in [0.15, 0.2) is 18.2 Å². The molecule has 2 aliphatic rings. The van der Waals surface area contributed by atoms with E-state index in [0.717, 1.165) is 23.9 Å². The number of aryl methyl sites for hydroxylation is 1. The van der Waals surface area contributed by atoms with Gasteiger partial charge in [-0.25, -0.2) is 0 Å². The van der Waals surface area contributed by atoms with E-state index >= 15 is 0 Å². The van der Waals surface area contributed by atoms with Crippen LogP contribution in [0.3, 0.4) is 0 Å². The monoisotopic (exact) mass is 315 g/mol. The SMILES string of the molecule is Cc1ccc(C(=O)NC2CC2)cc1B1OCC(C)(C)C(C)(C)O1. The maximum absolute atomic E-state index is 12.3. The molecule has 1 aromatic carbocycles. The van der Waals surface area contributed by atoms with Crippen LogP contribution in [0.5, 0.6) is 0 Å². The smallest absolute Gasteiger partial charge is 0.407 e. The zero-order valence-electron chi connectivity index (χ0n) is 14.7. The topological polar surface area (TPSA) is 47.6 Å². The van der Waals surface area contributed by atoms with Crippen LogP contribution < -0.4 is 10.8 Å². The average molecular weight is 315 g/mol. The molecule has 1 aliphatic carbocycles. The zero-order chi connectivity index (χ0) is 16.8. The van der Waals surface area contributed by atoms with Crippen LogP contribution in [0.4, 0.5) is 0 Å². The number of benzene rings is 1. The van der Waals surface area contributed by atoms with Crippen molar-refractivity contribution in [2.45, 2.75) is 59.1 Å². The molecule has 1 N–H and O–H groups in total. The highest BCUT2D eigenvalue weighted by molar-refractivity contribution is 6.62. The number of rotatable bonds is 3. The van der Waals surface area contributed by atoms with Gasteiger partial charge in [0.25, 0.3) is 5.91 Å². The van der Waals surface area contributed by atoms with E-state index in [1.54, 1.807) is 0 Å². The summed E-state index contributed by atoms with van der Waals surface area (Å²) >= 11 is 0. The lowest BCUT2D eigenvalue weighted by Gasteiger charge is -2.47. The summed E-state index contributed by atoms with van der Waals surface area (Å²) in [6, 6.07) is 6.10. The van der Waals surface area contributed by atoms with Crippen molar-refractivity contribution in [3.05, 3.63) is 29.3 Å². The first-order valence-corrected chi connectivity index (χ1v) is 8.40. The van der Waals surface area contributed by atoms with Crippen molar-refractivity contribution in [2.24, 2.45) is 5.41 Å². The molecule has 0 spiro atoms. The third kappa shape index (κ3) is 3.31. The van der Waals surface area contributed by atoms with Gasteiger partial charge in [-0.1, -0.05) is 25.5 Å². The lowest BCUT2D eigenvalue weighted by Crippen LogP contribution is -2.58. The van der Waals surface area contributed by atoms with Crippen molar-refractivity contribution >= 4 is 18.5 Å². The Morgan fingerprint density at radius 1 is 1.26 bits per heavy atom. The highest BCUT2D eigenvalue weighted by atomic mass is 16.6. The van der Waals surface area contributed by atoms with E-state index in [4.69, 9.17) is 9.31 Å². The average Bonchev–Trinajstić information content (AvgIpc) is 3.26. The lowest BCUT2D eigenvalue weighted by atomic mass is 9.68. The summed E-state index contributed by atoms with van der Waals surface area (Å²) in [5.41, 5.74) is 2.34. The van der Waals surface area contributed by atoms with Crippen molar-refractivity contribution in [3.8, 4) is 0 Å². The predicted molar refractivity (Wildman–Crippen MR) is 92.0 cm³/mol. The highest BCUT2D eigenvalue weighted by Gasteiger charge is 2.47. The number of nitrogens with one attached hydrogen (secondary N) is 1. The Kier molecular flexibility index (Phi) is 4.05. The number of amides is 1. The Morgan fingerprint density at radius 2 is 1.96 bits per heavy atom. The number of carbonyl (C=O) groups excluding carboxylic acids is 1. The summed E-state index contributed by atoms with van der Waals surface area (Å²) in [7, 11) is -0.424. The molecule has 0 atom stereocenters. The molecule has 4 nitrogen and oxygen atoms in total. The highest BCUT2D eigenvalue weighted by Crippen LogP contribution is 2.38. The Labute approximate surface area is 139 Å². The first-order valence-electron chi connectivity index (χ1n) is 8.40. The van der Waals surface area contributed by atoms with Gasteiger partial charge in [-0.3, -0.25) is 4.79 Å². The fourth-order valence-corrected chi connectivity index (χ4v) is 2.60. The minimum absolute atomic E-state index is 0.0100. The summed E-state index contributed by atoms with van der Waals surface area (Å²) in [6.45, 7) is 11.1. The molecule has 0 aromatic heterocycles. The summed E-state index contributed by atoms with van der Waals surface area (Å²) < 4.78 is 12.2. The summed E-state index contributed by atoms with van der Waals surface area (Å²) in [6.07, 6.45) is 2.17. The van der Waals surface area contributed by atoms with Gasteiger partial charge in [-0.05, 0) is 51.2 Å². The molecule has 0 bridgehead atoms. The largest absolute Gasteiger partial charge is 0.494 e. The minimum atomic E-state index is -0.424. The summed E-state index contributed by atoms with van der Waals surface area (Å²) in [5, 5.41) is 3.03. The Bertz CT molecular complexity index is 623. The molecular formula is C18H26BNO3. The van der Waals surface area contributed by atoms with E-state index in [9.17, 15) is 4.79 Å². The Hall–Kier alpha value is -1.33. The van der Waals surface area contributed by atoms with Gasteiger partial charge >= 0.3 is 7.12 Å². The second-order valence-electron chi connectivity index (χ2n) is 7.97. The van der Waals surface area contributed by atoms with Crippen LogP contribution in [0.25, 0.3) is 0 Å². The van der Waals surface area contributed by atoms with Crippen LogP contribution in [0.2, 0.25) is 0 Å². The van der Waals surface area contributed by atoms with Gasteiger partial charge in [0.1, 0.15) is 0 Å². The van der Waals surface area contributed by atoms with Crippen LogP contribution in [-0.2, 0) is 9.31 Å². The molecule has 23 heavy (non-hydrogen) atoms. The van der Waals surface area contributed by atoms with Gasteiger partial charge < -0.3 is 14.6 Å². The molecule has 2 fully saturated rings. The fraction of sp³-hybridized carbons (Fsp3) is 0.611. The molecule has 1 amide bonds. The minimum Gasteiger partial charge on any atom is -0.407 e. The molecule has 0 unspecified atom stereocenters. The molecule has 3 rings (SSSR count). The van der Waals surface area contributed by atoms with Gasteiger partial charge in [-0.15, -0.1) is 0 Å². The number of carbonyl (C=O) groups is 1. The van der Waals surface area contributed by atoms with Crippen molar-refractivity contribution < 1.29 is 14.1 Å². The summed E-state index contributed by atoms with van der Waals surface area (Å²) in [4.78, 5) is 12.3. The summed E-state index contributed by atoms with van der Waals surface area (Å²) in [5.74, 6) is -0.0100. The normalized spacial score (nSPS) is 22.7. The van der Waals surface area contributed by atoms with Gasteiger partial charge in [0.2, 0.25) is 0 Å². The van der Waals surface area contributed by atoms with Crippen molar-refractivity contribution in [1.82, 2.24) is 5.32 Å². The lowest BCUT2D eigenvalue weighted by molar-refractivity contribution is -0.0937. The zero-order valence-corrected chi connectivity index (χ0v) is 14.7. The molecular weight excluding hydrogens is 289 g/mol. The van der Waals surface area contributed by atoms with Gasteiger partial charge in [0.05, 0.1) is 5.60 Å². The fourth-order valence-electron chi connectivity index (χ4n) is 2.60. The van der Waals surface area contributed by atoms with Crippen LogP contribution in [-0.4, -0.2) is 31.3 Å². The number of hydrogen-bond donors (Lipinski definition) is 1. The Balaban J connectivity index is 1.83. The van der Waals surface area contributed by atoms with Crippen molar-refractivity contribution in [3.63, 3.8) is 0 Å². The van der Waals surface area contributed by atoms with E-state index in [0.29, 0.717) is 18.2 Å². The van der Waals surface area contributed by atoms with Crippen LogP contribution >= 0.6 is 0 Å². The molecule has 1 saturated heterocycles. The molecule has 1 aromatic rings. The van der Waals surface area contributed by atoms with Gasteiger partial charge in [0.15, 0.2) is 0 Å². The Morgan fingerprint density at radius 3 is 2.57 bits per heavy atom. The molecule has 1 saturated carbocycles. The van der Waals surface area contributed by atoms with Gasteiger partial charge in [0, 0.05) is 23.6 Å². The third-order valence-corrected chi connectivity index (χ3v) is 5.33. The maximum Gasteiger partial charge on any atom is 0.494 e.